The van der Waals surface area contributed by atoms with Gasteiger partial charge in [0.15, 0.2) is 5.65 Å². The van der Waals surface area contributed by atoms with Crippen LogP contribution in [0.4, 0.5) is 10.2 Å². The third-order valence-corrected chi connectivity index (χ3v) is 6.41. The number of hydrogen-bond acceptors (Lipinski definition) is 6. The summed E-state index contributed by atoms with van der Waals surface area (Å²) in [6.07, 6.45) is 8.54. The van der Waals surface area contributed by atoms with Crippen LogP contribution in [0.15, 0.2) is 59.9 Å². The minimum Gasteiger partial charge on any atom is -0.356 e. The second-order valence-electron chi connectivity index (χ2n) is 7.98. The summed E-state index contributed by atoms with van der Waals surface area (Å²) in [5.74, 6) is 0.684. The number of aromatic nitrogens is 4. The highest BCUT2D eigenvalue weighted by Gasteiger charge is 2.18. The van der Waals surface area contributed by atoms with Gasteiger partial charge in [-0.15, -0.1) is 16.9 Å². The molecule has 0 saturated carbocycles. The molecular formula is C25H29FN6OS. The second-order valence-corrected chi connectivity index (χ2v) is 8.86. The van der Waals surface area contributed by atoms with Crippen LogP contribution >= 0.6 is 11.8 Å². The van der Waals surface area contributed by atoms with E-state index in [1.807, 2.05) is 42.8 Å². The van der Waals surface area contributed by atoms with E-state index in [1.54, 1.807) is 35.8 Å². The summed E-state index contributed by atoms with van der Waals surface area (Å²) in [4.78, 5) is 22.1. The van der Waals surface area contributed by atoms with Gasteiger partial charge in [-0.2, -0.15) is 0 Å². The molecule has 0 bridgehead atoms. The van der Waals surface area contributed by atoms with Gasteiger partial charge in [0.25, 0.3) is 0 Å². The zero-order chi connectivity index (χ0) is 23.9. The zero-order valence-corrected chi connectivity index (χ0v) is 20.1. The van der Waals surface area contributed by atoms with Crippen LogP contribution in [-0.2, 0) is 11.3 Å². The number of thioether (sulfide) groups is 1. The lowest BCUT2D eigenvalue weighted by atomic mass is 10.2. The van der Waals surface area contributed by atoms with Crippen LogP contribution in [0.5, 0.6) is 0 Å². The van der Waals surface area contributed by atoms with E-state index in [4.69, 9.17) is 0 Å². The monoisotopic (exact) mass is 480 g/mol. The largest absolute Gasteiger partial charge is 0.356 e. The lowest BCUT2D eigenvalue weighted by Gasteiger charge is -2.15. The van der Waals surface area contributed by atoms with Crippen LogP contribution in [0, 0.1) is 12.7 Å². The summed E-state index contributed by atoms with van der Waals surface area (Å²) in [6, 6.07) is 13.2. The molecule has 2 aromatic carbocycles. The highest BCUT2D eigenvalue weighted by molar-refractivity contribution is 7.98. The maximum Gasteiger partial charge on any atom is 0.207 e. The Morgan fingerprint density at radius 2 is 1.91 bits per heavy atom. The molecule has 34 heavy (non-hydrogen) atoms. The van der Waals surface area contributed by atoms with E-state index in [0.717, 1.165) is 29.9 Å². The standard InChI is InChI=1S/C16H16FN5.C9H11NOS.H2/c1-11-4-5-12(8-14(11)17)22-9-13-15(20-22)18-10-19-16(13)21-6-2-3-7-21;1-12-9-4-2-8(3-5-9)6-10-7-11;/h4-5,8-10H,2-3,6-7H2,1H3;2-5,7H,6H2,1H3,(H,10,11);1H. The first-order chi connectivity index (χ1) is 16.6. The van der Waals surface area contributed by atoms with Gasteiger partial charge in [-0.25, -0.2) is 19.0 Å². The van der Waals surface area contributed by atoms with Crippen molar-refractivity contribution in [3.05, 3.63) is 71.9 Å². The molecule has 9 heteroatoms. The van der Waals surface area contributed by atoms with Gasteiger partial charge in [0.05, 0.1) is 11.1 Å². The lowest BCUT2D eigenvalue weighted by molar-refractivity contribution is -0.109. The minimum atomic E-state index is -0.233. The number of carbonyl (C=O) groups excluding carboxylic acids is 1. The summed E-state index contributed by atoms with van der Waals surface area (Å²) in [5, 5.41) is 7.98. The van der Waals surface area contributed by atoms with Crippen molar-refractivity contribution >= 4 is 35.0 Å². The molecule has 7 nitrogen and oxygen atoms in total. The van der Waals surface area contributed by atoms with Gasteiger partial charge in [0.2, 0.25) is 6.41 Å². The van der Waals surface area contributed by atoms with Crippen LogP contribution in [0.2, 0.25) is 0 Å². The number of halogens is 1. The van der Waals surface area contributed by atoms with Crippen molar-refractivity contribution in [2.45, 2.75) is 31.2 Å². The van der Waals surface area contributed by atoms with Crippen molar-refractivity contribution in [2.75, 3.05) is 24.2 Å². The Morgan fingerprint density at radius 1 is 1.15 bits per heavy atom. The number of benzene rings is 2. The Kier molecular flexibility index (Phi) is 7.74. The van der Waals surface area contributed by atoms with Gasteiger partial charge in [0, 0.05) is 32.2 Å². The number of amides is 1. The number of nitrogens with one attached hydrogen (secondary N) is 1. The number of aryl methyl sites for hydroxylation is 1. The quantitative estimate of drug-likeness (QED) is 0.317. The van der Waals surface area contributed by atoms with Crippen molar-refractivity contribution < 1.29 is 10.6 Å². The molecule has 0 radical (unpaired) electrons. The summed E-state index contributed by atoms with van der Waals surface area (Å²) >= 11 is 1.71. The molecule has 3 heterocycles. The number of fused-ring (bicyclic) bond motifs is 1. The zero-order valence-electron chi connectivity index (χ0n) is 19.2. The van der Waals surface area contributed by atoms with E-state index in [-0.39, 0.29) is 7.24 Å². The predicted octanol–water partition coefficient (Wildman–Crippen LogP) is 4.76. The summed E-state index contributed by atoms with van der Waals surface area (Å²) in [7, 11) is 0. The summed E-state index contributed by atoms with van der Waals surface area (Å²) < 4.78 is 15.4. The molecule has 1 amide bonds. The highest BCUT2D eigenvalue weighted by Crippen LogP contribution is 2.26. The third-order valence-electron chi connectivity index (χ3n) is 5.67. The van der Waals surface area contributed by atoms with Gasteiger partial charge in [-0.3, -0.25) is 4.79 Å². The first-order valence-electron chi connectivity index (χ1n) is 11.1. The van der Waals surface area contributed by atoms with Crippen LogP contribution in [0.25, 0.3) is 16.7 Å². The number of nitrogens with zero attached hydrogens (tertiary/aromatic N) is 5. The Balaban J connectivity index is 0.000000226. The molecule has 0 aliphatic carbocycles. The van der Waals surface area contributed by atoms with E-state index in [2.05, 4.69) is 25.3 Å². The van der Waals surface area contributed by atoms with E-state index >= 15 is 0 Å². The first kappa shape index (κ1) is 23.7. The molecule has 1 aliphatic rings. The molecule has 0 spiro atoms. The predicted molar refractivity (Wildman–Crippen MR) is 136 cm³/mol. The SMILES string of the molecule is CSc1ccc(CNC=O)cc1.Cc1ccc(-n2cc3c(N4CCCC4)ncnc3n2)cc1F.[HH]. The second kappa shape index (κ2) is 11.1. The molecule has 1 N–H and O–H groups in total. The van der Waals surface area contributed by atoms with Crippen molar-refractivity contribution in [2.24, 2.45) is 0 Å². The molecule has 1 aliphatic heterocycles. The van der Waals surface area contributed by atoms with E-state index in [1.165, 1.54) is 23.8 Å². The maximum absolute atomic E-state index is 13.8. The Morgan fingerprint density at radius 3 is 2.59 bits per heavy atom. The Hall–Kier alpha value is -3.46. The summed E-state index contributed by atoms with van der Waals surface area (Å²) in [6.45, 7) is 4.38. The van der Waals surface area contributed by atoms with E-state index < -0.39 is 0 Å². The molecule has 4 aromatic rings. The minimum absolute atomic E-state index is 0. The van der Waals surface area contributed by atoms with Crippen LogP contribution in [-0.4, -0.2) is 45.5 Å². The normalized spacial score (nSPS) is 13.0. The molecule has 178 valence electrons. The van der Waals surface area contributed by atoms with E-state index in [0.29, 0.717) is 29.9 Å². The van der Waals surface area contributed by atoms with Gasteiger partial charge in [0.1, 0.15) is 18.0 Å². The molecule has 5 rings (SSSR count). The Labute approximate surface area is 203 Å². The van der Waals surface area contributed by atoms with Gasteiger partial charge >= 0.3 is 0 Å². The molecule has 0 unspecified atom stereocenters. The van der Waals surface area contributed by atoms with Crippen molar-refractivity contribution in [3.63, 3.8) is 0 Å². The van der Waals surface area contributed by atoms with Crippen molar-refractivity contribution in [1.29, 1.82) is 0 Å². The summed E-state index contributed by atoms with van der Waals surface area (Å²) in [5.41, 5.74) is 3.07. The molecule has 1 fully saturated rings. The number of hydrogen-bond donors (Lipinski definition) is 1. The third kappa shape index (κ3) is 5.53. The fourth-order valence-corrected chi connectivity index (χ4v) is 4.17. The molecule has 1 saturated heterocycles. The van der Waals surface area contributed by atoms with Crippen LogP contribution in [0.1, 0.15) is 25.4 Å². The number of anilines is 1. The molecular weight excluding hydrogens is 451 g/mol. The molecule has 2 aromatic heterocycles. The Bertz CT molecular complexity index is 1260. The van der Waals surface area contributed by atoms with E-state index in [9.17, 15) is 9.18 Å². The maximum atomic E-state index is 13.8. The fraction of sp³-hybridized carbons (Fsp3) is 0.280. The first-order valence-corrected chi connectivity index (χ1v) is 12.3. The fourth-order valence-electron chi connectivity index (χ4n) is 3.77. The van der Waals surface area contributed by atoms with Gasteiger partial charge < -0.3 is 10.2 Å². The number of carbonyl (C=O) groups is 1. The van der Waals surface area contributed by atoms with Gasteiger partial charge in [-0.1, -0.05) is 18.2 Å². The average Bonchev–Trinajstić information content (AvgIpc) is 3.55. The average molecular weight is 481 g/mol. The lowest BCUT2D eigenvalue weighted by Crippen LogP contribution is -2.19. The smallest absolute Gasteiger partial charge is 0.207 e. The van der Waals surface area contributed by atoms with Crippen LogP contribution in [0.3, 0.4) is 0 Å². The van der Waals surface area contributed by atoms with Crippen LogP contribution < -0.4 is 10.2 Å². The number of rotatable bonds is 6. The highest BCUT2D eigenvalue weighted by atomic mass is 32.2. The van der Waals surface area contributed by atoms with Gasteiger partial charge in [-0.05, 0) is 61.4 Å². The van der Waals surface area contributed by atoms with Crippen molar-refractivity contribution in [3.8, 4) is 5.69 Å². The molecule has 0 atom stereocenters. The topological polar surface area (TPSA) is 75.9 Å². The van der Waals surface area contributed by atoms with Crippen molar-refractivity contribution in [1.82, 2.24) is 25.1 Å².